The topological polar surface area (TPSA) is 44.8 Å². The van der Waals surface area contributed by atoms with E-state index in [1.165, 1.54) is 25.7 Å². The molecule has 0 aromatic rings. The number of nitrogens with one attached hydrogen (secondary N) is 1. The molecule has 5 nitrogen and oxygen atoms in total. The summed E-state index contributed by atoms with van der Waals surface area (Å²) in [7, 11) is 4.11. The maximum absolute atomic E-state index is 12.6. The number of rotatable bonds is 4. The van der Waals surface area contributed by atoms with Gasteiger partial charge < -0.3 is 19.9 Å². The molecule has 3 rings (SSSR count). The Balaban J connectivity index is 1.64. The highest BCUT2D eigenvalue weighted by atomic mass is 16.5. The van der Waals surface area contributed by atoms with Gasteiger partial charge in [0.05, 0.1) is 24.8 Å². The van der Waals surface area contributed by atoms with Crippen LogP contribution in [-0.4, -0.2) is 67.8 Å². The molecule has 0 aromatic heterocycles. The molecule has 0 bridgehead atoms. The summed E-state index contributed by atoms with van der Waals surface area (Å²) < 4.78 is 6.21. The average molecular weight is 295 g/mol. The highest BCUT2D eigenvalue weighted by molar-refractivity contribution is 5.75. The molecule has 1 atom stereocenters. The van der Waals surface area contributed by atoms with E-state index in [0.29, 0.717) is 6.61 Å². The molecular formula is C16H29N3O2. The molecule has 120 valence electrons. The molecule has 0 radical (unpaired) electrons. The fourth-order valence-corrected chi connectivity index (χ4v) is 3.64. The molecule has 3 aliphatic rings. The second-order valence-corrected chi connectivity index (χ2v) is 7.37. The second-order valence-electron chi connectivity index (χ2n) is 7.37. The van der Waals surface area contributed by atoms with Gasteiger partial charge in [0.2, 0.25) is 0 Å². The summed E-state index contributed by atoms with van der Waals surface area (Å²) in [5.41, 5.74) is -0.0558. The monoisotopic (exact) mass is 295 g/mol. The number of urea groups is 1. The minimum atomic E-state index is -0.0558. The molecule has 21 heavy (non-hydrogen) atoms. The number of carbonyl (C=O) groups is 1. The van der Waals surface area contributed by atoms with Crippen molar-refractivity contribution in [2.75, 3.05) is 40.3 Å². The summed E-state index contributed by atoms with van der Waals surface area (Å²) in [5.74, 6) is 0.725. The van der Waals surface area contributed by atoms with Gasteiger partial charge in [0.25, 0.3) is 0 Å². The molecule has 1 N–H and O–H groups in total. The Labute approximate surface area is 128 Å². The van der Waals surface area contributed by atoms with Gasteiger partial charge in [-0.3, -0.25) is 0 Å². The molecule has 0 aromatic carbocycles. The van der Waals surface area contributed by atoms with Gasteiger partial charge in [-0.1, -0.05) is 12.8 Å². The Bertz CT molecular complexity index is 376. The van der Waals surface area contributed by atoms with Crippen LogP contribution in [0.15, 0.2) is 0 Å². The van der Waals surface area contributed by atoms with Crippen LogP contribution < -0.4 is 5.32 Å². The highest BCUT2D eigenvalue weighted by Crippen LogP contribution is 2.37. The van der Waals surface area contributed by atoms with E-state index in [9.17, 15) is 4.79 Å². The molecule has 1 spiro atoms. The van der Waals surface area contributed by atoms with Crippen LogP contribution in [0.5, 0.6) is 0 Å². The fraction of sp³-hybridized carbons (Fsp3) is 0.938. The Morgan fingerprint density at radius 2 is 2.05 bits per heavy atom. The van der Waals surface area contributed by atoms with Crippen LogP contribution >= 0.6 is 0 Å². The van der Waals surface area contributed by atoms with E-state index in [0.717, 1.165) is 38.4 Å². The Kier molecular flexibility index (Phi) is 4.41. The average Bonchev–Trinajstić information content (AvgIpc) is 3.18. The summed E-state index contributed by atoms with van der Waals surface area (Å²) in [6.07, 6.45) is 7.22. The van der Waals surface area contributed by atoms with Crippen molar-refractivity contribution in [2.45, 2.75) is 50.2 Å². The van der Waals surface area contributed by atoms with E-state index < -0.39 is 0 Å². The summed E-state index contributed by atoms with van der Waals surface area (Å²) in [6.45, 7) is 3.15. The van der Waals surface area contributed by atoms with Gasteiger partial charge in [0, 0.05) is 13.1 Å². The first-order chi connectivity index (χ1) is 10.1. The van der Waals surface area contributed by atoms with Crippen molar-refractivity contribution in [1.29, 1.82) is 0 Å². The van der Waals surface area contributed by atoms with E-state index >= 15 is 0 Å². The smallest absolute Gasteiger partial charge is 0.317 e. The number of nitrogens with zero attached hydrogens (tertiary/aromatic N) is 2. The number of morpholine rings is 1. The minimum Gasteiger partial charge on any atom is -0.371 e. The van der Waals surface area contributed by atoms with Gasteiger partial charge in [-0.2, -0.15) is 0 Å². The lowest BCUT2D eigenvalue weighted by atomic mass is 9.97. The van der Waals surface area contributed by atoms with Gasteiger partial charge in [-0.15, -0.1) is 0 Å². The fourth-order valence-electron chi connectivity index (χ4n) is 3.64. The van der Waals surface area contributed by atoms with Crippen molar-refractivity contribution in [3.63, 3.8) is 0 Å². The molecule has 1 heterocycles. The molecule has 2 saturated carbocycles. The van der Waals surface area contributed by atoms with Gasteiger partial charge in [-0.05, 0) is 45.7 Å². The van der Waals surface area contributed by atoms with Crippen LogP contribution in [0.2, 0.25) is 0 Å². The zero-order chi connectivity index (χ0) is 14.9. The van der Waals surface area contributed by atoms with Crippen LogP contribution in [0.25, 0.3) is 0 Å². The number of ether oxygens (including phenoxy) is 1. The number of hydrogen-bond donors (Lipinski definition) is 1. The largest absolute Gasteiger partial charge is 0.371 e. The van der Waals surface area contributed by atoms with Crippen molar-refractivity contribution in [3.05, 3.63) is 0 Å². The van der Waals surface area contributed by atoms with E-state index in [1.54, 1.807) is 0 Å². The zero-order valence-corrected chi connectivity index (χ0v) is 13.4. The predicted octanol–water partition coefficient (Wildman–Crippen LogP) is 1.68. The third-order valence-corrected chi connectivity index (χ3v) is 5.07. The third-order valence-electron chi connectivity index (χ3n) is 5.07. The van der Waals surface area contributed by atoms with Gasteiger partial charge in [0.1, 0.15) is 0 Å². The molecule has 2 aliphatic carbocycles. The van der Waals surface area contributed by atoms with Crippen LogP contribution in [0.3, 0.4) is 0 Å². The first-order valence-electron chi connectivity index (χ1n) is 8.41. The van der Waals surface area contributed by atoms with Crippen LogP contribution in [0.4, 0.5) is 4.79 Å². The van der Waals surface area contributed by atoms with Crippen LogP contribution in [-0.2, 0) is 4.74 Å². The molecule has 1 aliphatic heterocycles. The van der Waals surface area contributed by atoms with E-state index in [4.69, 9.17) is 4.74 Å². The highest BCUT2D eigenvalue weighted by Gasteiger charge is 2.44. The van der Waals surface area contributed by atoms with E-state index in [2.05, 4.69) is 29.2 Å². The lowest BCUT2D eigenvalue weighted by molar-refractivity contribution is -0.119. The molecular weight excluding hydrogens is 266 g/mol. The van der Waals surface area contributed by atoms with Gasteiger partial charge >= 0.3 is 6.03 Å². The molecule has 1 unspecified atom stereocenters. The van der Waals surface area contributed by atoms with Crippen LogP contribution in [0, 0.1) is 5.92 Å². The van der Waals surface area contributed by atoms with Crippen molar-refractivity contribution >= 4 is 6.03 Å². The Morgan fingerprint density at radius 3 is 2.67 bits per heavy atom. The van der Waals surface area contributed by atoms with Crippen molar-refractivity contribution in [3.8, 4) is 0 Å². The second kappa shape index (κ2) is 6.13. The van der Waals surface area contributed by atoms with Crippen molar-refractivity contribution < 1.29 is 9.53 Å². The standard InChI is InChI=1S/C16H29N3O2/c1-18(2)10-14-11-21-16(7-3-4-8-16)12-19(14)15(20)17-9-13-5-6-13/h13-14H,3-12H2,1-2H3,(H,17,20). The summed E-state index contributed by atoms with van der Waals surface area (Å²) in [6, 6.07) is 0.286. The first-order valence-corrected chi connectivity index (χ1v) is 8.41. The Hall–Kier alpha value is -0.810. The molecule has 1 saturated heterocycles. The summed E-state index contributed by atoms with van der Waals surface area (Å²) in [4.78, 5) is 16.8. The van der Waals surface area contributed by atoms with Gasteiger partial charge in [-0.25, -0.2) is 4.79 Å². The molecule has 3 fully saturated rings. The molecule has 2 amide bonds. The normalized spacial score (nSPS) is 28.3. The first kappa shape index (κ1) is 15.1. The number of carbonyl (C=O) groups excluding carboxylic acids is 1. The summed E-state index contributed by atoms with van der Waals surface area (Å²) >= 11 is 0. The SMILES string of the molecule is CN(C)CC1COC2(CCCC2)CN1C(=O)NCC1CC1. The lowest BCUT2D eigenvalue weighted by Gasteiger charge is -2.46. The molecule has 5 heteroatoms. The number of hydrogen-bond acceptors (Lipinski definition) is 3. The zero-order valence-electron chi connectivity index (χ0n) is 13.4. The van der Waals surface area contributed by atoms with Crippen molar-refractivity contribution in [1.82, 2.24) is 15.1 Å². The van der Waals surface area contributed by atoms with E-state index in [-0.39, 0.29) is 17.7 Å². The van der Waals surface area contributed by atoms with E-state index in [1.807, 2.05) is 0 Å². The maximum atomic E-state index is 12.6. The Morgan fingerprint density at radius 1 is 1.33 bits per heavy atom. The predicted molar refractivity (Wildman–Crippen MR) is 82.3 cm³/mol. The quantitative estimate of drug-likeness (QED) is 0.858. The van der Waals surface area contributed by atoms with Crippen LogP contribution in [0.1, 0.15) is 38.5 Å². The number of likely N-dealkylation sites (N-methyl/N-ethyl adjacent to an activating group) is 1. The minimum absolute atomic E-state index is 0.0558. The summed E-state index contributed by atoms with van der Waals surface area (Å²) in [5, 5.41) is 3.14. The number of amides is 2. The third kappa shape index (κ3) is 3.69. The lowest BCUT2D eigenvalue weighted by Crippen LogP contribution is -2.61. The maximum Gasteiger partial charge on any atom is 0.317 e. The van der Waals surface area contributed by atoms with Gasteiger partial charge in [0.15, 0.2) is 0 Å². The van der Waals surface area contributed by atoms with Crippen molar-refractivity contribution in [2.24, 2.45) is 5.92 Å².